The Morgan fingerprint density at radius 1 is 1.17 bits per heavy atom. The molecule has 0 spiro atoms. The van der Waals surface area contributed by atoms with Gasteiger partial charge in [0, 0.05) is 5.56 Å². The Kier molecular flexibility index (Phi) is 5.40. The van der Waals surface area contributed by atoms with Gasteiger partial charge in [-0.25, -0.2) is 14.8 Å². The normalized spacial score (nSPS) is 11.4. The third-order valence-electron chi connectivity index (χ3n) is 3.71. The fourth-order valence-electron chi connectivity index (χ4n) is 2.45. The number of hydrogen-bond donors (Lipinski definition) is 2. The van der Waals surface area contributed by atoms with Gasteiger partial charge >= 0.3 is 6.18 Å². The van der Waals surface area contributed by atoms with Crippen LogP contribution in [0.5, 0.6) is 0 Å². The van der Waals surface area contributed by atoms with E-state index >= 15 is 0 Å². The van der Waals surface area contributed by atoms with Gasteiger partial charge < -0.3 is 0 Å². The molecule has 146 valence electrons. The highest BCUT2D eigenvalue weighted by Gasteiger charge is 2.31. The maximum atomic E-state index is 13.4. The predicted molar refractivity (Wildman–Crippen MR) is 97.6 cm³/mol. The van der Waals surface area contributed by atoms with Crippen LogP contribution in [-0.4, -0.2) is 16.2 Å². The van der Waals surface area contributed by atoms with Crippen molar-refractivity contribution in [1.29, 1.82) is 5.26 Å². The summed E-state index contributed by atoms with van der Waals surface area (Å²) in [5, 5.41) is 12.9. The molecule has 0 amide bonds. The molecule has 0 atom stereocenters. The van der Waals surface area contributed by atoms with Crippen molar-refractivity contribution in [2.45, 2.75) is 6.18 Å². The molecule has 0 aliphatic heterocycles. The summed E-state index contributed by atoms with van der Waals surface area (Å²) < 4.78 is 51.7. The Morgan fingerprint density at radius 2 is 1.90 bits per heavy atom. The number of anilines is 1. The second kappa shape index (κ2) is 7.93. The first-order chi connectivity index (χ1) is 13.8. The Balaban J connectivity index is 1.91. The number of aromatic nitrogens is 2. The second-order valence-corrected chi connectivity index (χ2v) is 5.76. The third-order valence-corrected chi connectivity index (χ3v) is 3.71. The molecule has 1 heterocycles. The number of halogens is 4. The third kappa shape index (κ3) is 4.65. The lowest BCUT2D eigenvalue weighted by Crippen LogP contribution is -2.16. The van der Waals surface area contributed by atoms with Gasteiger partial charge in [0.2, 0.25) is 5.95 Å². The van der Waals surface area contributed by atoms with Crippen LogP contribution >= 0.6 is 0 Å². The highest BCUT2D eigenvalue weighted by molar-refractivity contribution is 5.80. The van der Waals surface area contributed by atoms with Crippen molar-refractivity contribution in [2.24, 2.45) is 5.10 Å². The van der Waals surface area contributed by atoms with Crippen LogP contribution in [-0.2, 0) is 6.18 Å². The van der Waals surface area contributed by atoms with Crippen LogP contribution in [0.1, 0.15) is 16.7 Å². The van der Waals surface area contributed by atoms with Gasteiger partial charge in [0.25, 0.3) is 5.56 Å². The molecule has 0 radical (unpaired) electrons. The summed E-state index contributed by atoms with van der Waals surface area (Å²) in [4.78, 5) is 18.5. The largest absolute Gasteiger partial charge is 0.416 e. The topological polar surface area (TPSA) is 93.9 Å². The van der Waals surface area contributed by atoms with E-state index in [0.29, 0.717) is 11.6 Å². The monoisotopic (exact) mass is 401 g/mol. The van der Waals surface area contributed by atoms with Crippen molar-refractivity contribution in [2.75, 3.05) is 5.43 Å². The Hall–Kier alpha value is -4.00. The zero-order chi connectivity index (χ0) is 21.0. The lowest BCUT2D eigenvalue weighted by atomic mass is 10.1. The van der Waals surface area contributed by atoms with E-state index in [-0.39, 0.29) is 22.8 Å². The van der Waals surface area contributed by atoms with E-state index < -0.39 is 23.1 Å². The first kappa shape index (κ1) is 19.8. The molecule has 0 saturated carbocycles. The first-order valence-electron chi connectivity index (χ1n) is 8.04. The molecule has 3 aromatic rings. The average molecular weight is 401 g/mol. The van der Waals surface area contributed by atoms with E-state index in [0.717, 1.165) is 18.3 Å². The molecule has 2 aromatic carbocycles. The lowest BCUT2D eigenvalue weighted by molar-refractivity contribution is -0.137. The number of hydrazone groups is 1. The van der Waals surface area contributed by atoms with Crippen molar-refractivity contribution in [3.63, 3.8) is 0 Å². The summed E-state index contributed by atoms with van der Waals surface area (Å²) in [5.41, 5.74) is 0.762. The van der Waals surface area contributed by atoms with E-state index in [1.54, 1.807) is 36.4 Å². The molecule has 0 aliphatic rings. The van der Waals surface area contributed by atoms with Crippen LogP contribution in [0, 0.1) is 17.1 Å². The number of aromatic amines is 1. The van der Waals surface area contributed by atoms with Gasteiger partial charge in [0.15, 0.2) is 0 Å². The van der Waals surface area contributed by atoms with E-state index in [2.05, 4.69) is 20.5 Å². The van der Waals surface area contributed by atoms with Gasteiger partial charge in [0.1, 0.15) is 17.4 Å². The quantitative estimate of drug-likeness (QED) is 0.394. The van der Waals surface area contributed by atoms with Crippen LogP contribution < -0.4 is 11.0 Å². The first-order valence-corrected chi connectivity index (χ1v) is 8.04. The average Bonchev–Trinajstić information content (AvgIpc) is 2.67. The van der Waals surface area contributed by atoms with Crippen molar-refractivity contribution in [3.05, 3.63) is 81.4 Å². The molecule has 10 heteroatoms. The summed E-state index contributed by atoms with van der Waals surface area (Å²) in [6.45, 7) is 0. The van der Waals surface area contributed by atoms with Gasteiger partial charge in [-0.3, -0.25) is 9.78 Å². The minimum atomic E-state index is -4.71. The smallest absolute Gasteiger partial charge is 0.290 e. The number of alkyl halides is 3. The standard InChI is InChI=1S/C19H11F4N5O/c20-14-7-11(6-13(8-14)19(21,22)23)10-25-28-18-26-16(12-4-2-1-3-5-12)15(9-24)17(29)27-18/h1-8,10H,(H2,26,27,28,29). The fraction of sp³-hybridized carbons (Fsp3) is 0.0526. The number of H-pyrrole nitrogens is 1. The molecule has 29 heavy (non-hydrogen) atoms. The summed E-state index contributed by atoms with van der Waals surface area (Å²) in [5.74, 6) is -1.21. The minimum absolute atomic E-state index is 0.111. The maximum Gasteiger partial charge on any atom is 0.416 e. The highest BCUT2D eigenvalue weighted by atomic mass is 19.4. The van der Waals surface area contributed by atoms with Gasteiger partial charge in [-0.15, -0.1) is 0 Å². The van der Waals surface area contributed by atoms with Crippen molar-refractivity contribution in [1.82, 2.24) is 9.97 Å². The molecule has 3 rings (SSSR count). The molecule has 6 nitrogen and oxygen atoms in total. The van der Waals surface area contributed by atoms with Crippen molar-refractivity contribution >= 4 is 12.2 Å². The van der Waals surface area contributed by atoms with Gasteiger partial charge in [-0.05, 0) is 23.8 Å². The summed E-state index contributed by atoms with van der Waals surface area (Å²) >= 11 is 0. The van der Waals surface area contributed by atoms with Gasteiger partial charge in [0.05, 0.1) is 17.5 Å². The molecule has 0 saturated heterocycles. The Morgan fingerprint density at radius 3 is 2.55 bits per heavy atom. The number of nitrogens with zero attached hydrogens (tertiary/aromatic N) is 3. The predicted octanol–water partition coefficient (Wildman–Crippen LogP) is 3.91. The van der Waals surface area contributed by atoms with Gasteiger partial charge in [-0.2, -0.15) is 23.5 Å². The second-order valence-electron chi connectivity index (χ2n) is 5.76. The van der Waals surface area contributed by atoms with Crippen LogP contribution in [0.4, 0.5) is 23.5 Å². The van der Waals surface area contributed by atoms with Crippen LogP contribution in [0.15, 0.2) is 58.4 Å². The van der Waals surface area contributed by atoms with E-state index in [9.17, 15) is 27.6 Å². The molecular formula is C19H11F4N5O. The van der Waals surface area contributed by atoms with Crippen LogP contribution in [0.2, 0.25) is 0 Å². The Bertz CT molecular complexity index is 1160. The fourth-order valence-corrected chi connectivity index (χ4v) is 2.45. The van der Waals surface area contributed by atoms with Crippen LogP contribution in [0.3, 0.4) is 0 Å². The Labute approximate surface area is 161 Å². The van der Waals surface area contributed by atoms with E-state index in [1.165, 1.54) is 0 Å². The summed E-state index contributed by atoms with van der Waals surface area (Å²) in [6, 6.07) is 12.2. The van der Waals surface area contributed by atoms with E-state index in [4.69, 9.17) is 0 Å². The molecule has 0 bridgehead atoms. The maximum absolute atomic E-state index is 13.4. The highest BCUT2D eigenvalue weighted by Crippen LogP contribution is 2.30. The molecule has 0 fully saturated rings. The summed E-state index contributed by atoms with van der Waals surface area (Å²) in [7, 11) is 0. The zero-order valence-corrected chi connectivity index (χ0v) is 14.5. The number of nitriles is 1. The number of hydrogen-bond acceptors (Lipinski definition) is 5. The number of benzene rings is 2. The zero-order valence-electron chi connectivity index (χ0n) is 14.5. The van der Waals surface area contributed by atoms with Gasteiger partial charge in [-0.1, -0.05) is 30.3 Å². The van der Waals surface area contributed by atoms with Crippen molar-refractivity contribution < 1.29 is 17.6 Å². The van der Waals surface area contributed by atoms with Crippen molar-refractivity contribution in [3.8, 4) is 17.3 Å². The number of nitrogens with one attached hydrogen (secondary N) is 2. The van der Waals surface area contributed by atoms with E-state index in [1.807, 2.05) is 0 Å². The SMILES string of the molecule is N#Cc1c(-c2ccccc2)nc(NN=Cc2cc(F)cc(C(F)(F)F)c2)[nH]c1=O. The molecule has 2 N–H and O–H groups in total. The lowest BCUT2D eigenvalue weighted by Gasteiger charge is -2.08. The molecule has 1 aromatic heterocycles. The minimum Gasteiger partial charge on any atom is -0.290 e. The van der Waals surface area contributed by atoms with Crippen LogP contribution in [0.25, 0.3) is 11.3 Å². The number of rotatable bonds is 4. The summed E-state index contributed by atoms with van der Waals surface area (Å²) in [6.07, 6.45) is -3.76. The molecule has 0 unspecified atom stereocenters. The molecular weight excluding hydrogens is 390 g/mol. The molecule has 0 aliphatic carbocycles.